The Hall–Kier alpha value is -2.81. The van der Waals surface area contributed by atoms with Crippen LogP contribution in [0.15, 0.2) is 53.1 Å². The molecule has 4 aromatic rings. The van der Waals surface area contributed by atoms with E-state index in [0.717, 1.165) is 41.8 Å². The van der Waals surface area contributed by atoms with Crippen molar-refractivity contribution in [1.82, 2.24) is 15.0 Å². The van der Waals surface area contributed by atoms with E-state index in [4.69, 9.17) is 0 Å². The van der Waals surface area contributed by atoms with Crippen LogP contribution in [0.25, 0.3) is 21.9 Å². The molecule has 9 heteroatoms. The van der Waals surface area contributed by atoms with E-state index in [0.29, 0.717) is 34.5 Å². The number of imidazole rings is 1. The van der Waals surface area contributed by atoms with Gasteiger partial charge in [0.05, 0.1) is 22.1 Å². The molecule has 1 N–H and O–H groups in total. The van der Waals surface area contributed by atoms with Crippen molar-refractivity contribution in [3.8, 4) is 0 Å². The fourth-order valence-electron chi connectivity index (χ4n) is 3.80. The van der Waals surface area contributed by atoms with Crippen molar-refractivity contribution < 1.29 is 13.2 Å². The fourth-order valence-corrected chi connectivity index (χ4v) is 4.35. The molecule has 2 aromatic heterocycles. The van der Waals surface area contributed by atoms with E-state index in [1.165, 1.54) is 0 Å². The van der Waals surface area contributed by atoms with Crippen molar-refractivity contribution in [2.24, 2.45) is 0 Å². The standard InChI is InChI=1S/C21H17BrF3N5/c22-16-10-14(21(23,24)25)11-18-19(16)28-20(27-18)30-8-6-29(7-9-30)15-4-3-13-2-1-5-26-17(13)12-15/h1-5,10-12H,6-9H2,(H,27,28). The molecule has 154 valence electrons. The molecule has 5 rings (SSSR count). The Morgan fingerprint density at radius 2 is 1.70 bits per heavy atom. The van der Waals surface area contributed by atoms with Crippen LogP contribution in [0.2, 0.25) is 0 Å². The Morgan fingerprint density at radius 1 is 0.933 bits per heavy atom. The Balaban J connectivity index is 1.35. The zero-order valence-electron chi connectivity index (χ0n) is 15.7. The van der Waals surface area contributed by atoms with Gasteiger partial charge in [-0.3, -0.25) is 4.98 Å². The molecule has 1 aliphatic rings. The molecule has 2 aromatic carbocycles. The number of nitrogens with one attached hydrogen (secondary N) is 1. The third-order valence-corrected chi connectivity index (χ3v) is 6.02. The maximum absolute atomic E-state index is 13.1. The van der Waals surface area contributed by atoms with Gasteiger partial charge in [-0.1, -0.05) is 12.1 Å². The zero-order chi connectivity index (χ0) is 20.9. The summed E-state index contributed by atoms with van der Waals surface area (Å²) in [6, 6.07) is 12.4. The quantitative estimate of drug-likeness (QED) is 0.431. The minimum absolute atomic E-state index is 0.301. The van der Waals surface area contributed by atoms with Crippen LogP contribution in [0.3, 0.4) is 0 Å². The summed E-state index contributed by atoms with van der Waals surface area (Å²) in [5.74, 6) is 0.588. The lowest BCUT2D eigenvalue weighted by atomic mass is 10.2. The summed E-state index contributed by atoms with van der Waals surface area (Å²) in [6.45, 7) is 2.99. The van der Waals surface area contributed by atoms with Crippen LogP contribution in [-0.2, 0) is 6.18 Å². The minimum atomic E-state index is -4.41. The number of aromatic nitrogens is 3. The van der Waals surface area contributed by atoms with Crippen LogP contribution in [0.4, 0.5) is 24.8 Å². The van der Waals surface area contributed by atoms with Gasteiger partial charge in [0.2, 0.25) is 5.95 Å². The van der Waals surface area contributed by atoms with E-state index in [-0.39, 0.29) is 0 Å². The highest BCUT2D eigenvalue weighted by Gasteiger charge is 2.32. The molecule has 1 saturated heterocycles. The lowest BCUT2D eigenvalue weighted by Crippen LogP contribution is -2.46. The van der Waals surface area contributed by atoms with Gasteiger partial charge in [0.1, 0.15) is 0 Å². The van der Waals surface area contributed by atoms with Gasteiger partial charge in [-0.15, -0.1) is 0 Å². The number of nitrogens with zero attached hydrogens (tertiary/aromatic N) is 4. The van der Waals surface area contributed by atoms with Crippen molar-refractivity contribution in [1.29, 1.82) is 0 Å². The first kappa shape index (κ1) is 19.2. The molecular formula is C21H17BrF3N5. The Bertz CT molecular complexity index is 1230. The monoisotopic (exact) mass is 475 g/mol. The second-order valence-electron chi connectivity index (χ2n) is 7.26. The number of pyridine rings is 1. The molecule has 0 bridgehead atoms. The van der Waals surface area contributed by atoms with Gasteiger partial charge in [0.15, 0.2) is 0 Å². The molecule has 30 heavy (non-hydrogen) atoms. The first-order valence-corrected chi connectivity index (χ1v) is 10.3. The highest BCUT2D eigenvalue weighted by Crippen LogP contribution is 2.35. The van der Waals surface area contributed by atoms with Crippen molar-refractivity contribution in [2.45, 2.75) is 6.18 Å². The summed E-state index contributed by atoms with van der Waals surface area (Å²) in [5, 5.41) is 1.10. The number of aromatic amines is 1. The van der Waals surface area contributed by atoms with Gasteiger partial charge in [-0.25, -0.2) is 4.98 Å². The van der Waals surface area contributed by atoms with E-state index in [1.54, 1.807) is 6.20 Å². The van der Waals surface area contributed by atoms with Crippen LogP contribution in [0.1, 0.15) is 5.56 Å². The number of hydrogen-bond donors (Lipinski definition) is 1. The van der Waals surface area contributed by atoms with Crippen molar-refractivity contribution in [3.05, 3.63) is 58.7 Å². The van der Waals surface area contributed by atoms with Crippen LogP contribution in [0, 0.1) is 0 Å². The third-order valence-electron chi connectivity index (χ3n) is 5.39. The summed E-state index contributed by atoms with van der Waals surface area (Å²) in [7, 11) is 0. The van der Waals surface area contributed by atoms with Gasteiger partial charge >= 0.3 is 6.18 Å². The first-order valence-electron chi connectivity index (χ1n) is 9.50. The third kappa shape index (κ3) is 3.47. The smallest absolute Gasteiger partial charge is 0.368 e. The molecule has 0 aliphatic carbocycles. The predicted octanol–water partition coefficient (Wildman–Crippen LogP) is 5.22. The fraction of sp³-hybridized carbons (Fsp3) is 0.238. The van der Waals surface area contributed by atoms with Crippen molar-refractivity contribution in [3.63, 3.8) is 0 Å². The summed E-state index contributed by atoms with van der Waals surface area (Å²) in [6.07, 6.45) is -2.62. The maximum atomic E-state index is 13.1. The van der Waals surface area contributed by atoms with Crippen LogP contribution in [-0.4, -0.2) is 41.1 Å². The number of alkyl halides is 3. The molecule has 0 amide bonds. The SMILES string of the molecule is FC(F)(F)c1cc(Br)c2[nH]c(N3CCN(c4ccc5cccnc5c4)CC3)nc2c1. The van der Waals surface area contributed by atoms with Gasteiger partial charge in [0.25, 0.3) is 0 Å². The molecule has 0 saturated carbocycles. The molecule has 1 fully saturated rings. The van der Waals surface area contributed by atoms with Gasteiger partial charge in [0, 0.05) is 47.9 Å². The zero-order valence-corrected chi connectivity index (χ0v) is 17.3. The summed E-state index contributed by atoms with van der Waals surface area (Å²) >= 11 is 3.23. The number of anilines is 2. The molecule has 0 radical (unpaired) electrons. The maximum Gasteiger partial charge on any atom is 0.416 e. The number of H-pyrrole nitrogens is 1. The highest BCUT2D eigenvalue weighted by atomic mass is 79.9. The average Bonchev–Trinajstić information content (AvgIpc) is 3.18. The number of rotatable bonds is 2. The largest absolute Gasteiger partial charge is 0.416 e. The predicted molar refractivity (Wildman–Crippen MR) is 115 cm³/mol. The van der Waals surface area contributed by atoms with Gasteiger partial charge in [-0.05, 0) is 46.3 Å². The van der Waals surface area contributed by atoms with E-state index < -0.39 is 11.7 Å². The molecule has 3 heterocycles. The Labute approximate surface area is 178 Å². The number of benzene rings is 2. The lowest BCUT2D eigenvalue weighted by Gasteiger charge is -2.36. The van der Waals surface area contributed by atoms with E-state index in [1.807, 2.05) is 12.1 Å². The summed E-state index contributed by atoms with van der Waals surface area (Å²) in [5.41, 5.74) is 2.23. The van der Waals surface area contributed by atoms with Crippen LogP contribution in [0.5, 0.6) is 0 Å². The molecular weight excluding hydrogens is 459 g/mol. The lowest BCUT2D eigenvalue weighted by molar-refractivity contribution is -0.137. The molecule has 0 spiro atoms. The first-order chi connectivity index (χ1) is 14.4. The molecule has 0 atom stereocenters. The summed E-state index contributed by atoms with van der Waals surface area (Å²) < 4.78 is 39.6. The van der Waals surface area contributed by atoms with Crippen molar-refractivity contribution in [2.75, 3.05) is 36.0 Å². The number of halogens is 4. The number of piperazine rings is 1. The van der Waals surface area contributed by atoms with Crippen LogP contribution >= 0.6 is 15.9 Å². The molecule has 5 nitrogen and oxygen atoms in total. The topological polar surface area (TPSA) is 48.1 Å². The Morgan fingerprint density at radius 3 is 2.47 bits per heavy atom. The molecule has 1 aliphatic heterocycles. The second kappa shape index (κ2) is 7.16. The second-order valence-corrected chi connectivity index (χ2v) is 8.12. The number of hydrogen-bond acceptors (Lipinski definition) is 4. The van der Waals surface area contributed by atoms with E-state index in [2.05, 4.69) is 58.9 Å². The normalized spacial score (nSPS) is 15.3. The van der Waals surface area contributed by atoms with Crippen molar-refractivity contribution >= 4 is 49.5 Å². The average molecular weight is 476 g/mol. The number of fused-ring (bicyclic) bond motifs is 2. The van der Waals surface area contributed by atoms with Crippen LogP contribution < -0.4 is 9.80 Å². The summed E-state index contributed by atoms with van der Waals surface area (Å²) in [4.78, 5) is 16.4. The highest BCUT2D eigenvalue weighted by molar-refractivity contribution is 9.10. The van der Waals surface area contributed by atoms with E-state index in [9.17, 15) is 13.2 Å². The molecule has 0 unspecified atom stereocenters. The van der Waals surface area contributed by atoms with Gasteiger partial charge in [-0.2, -0.15) is 13.2 Å². The van der Waals surface area contributed by atoms with Gasteiger partial charge < -0.3 is 14.8 Å². The minimum Gasteiger partial charge on any atom is -0.368 e. The Kier molecular flexibility index (Phi) is 4.57. The van der Waals surface area contributed by atoms with E-state index >= 15 is 0 Å².